The fourth-order valence-electron chi connectivity index (χ4n) is 2.89. The minimum atomic E-state index is -4.65. The Balaban J connectivity index is 1.90. The maximum Gasteiger partial charge on any atom is 0.418 e. The van der Waals surface area contributed by atoms with Crippen molar-refractivity contribution in [3.63, 3.8) is 0 Å². The molecule has 1 heterocycles. The molecule has 146 valence electrons. The molecule has 7 nitrogen and oxygen atoms in total. The molecule has 3 rings (SSSR count). The monoisotopic (exact) mass is 394 g/mol. The van der Waals surface area contributed by atoms with Crippen molar-refractivity contribution in [2.75, 3.05) is 10.2 Å². The molecule has 1 aliphatic rings. The summed E-state index contributed by atoms with van der Waals surface area (Å²) in [4.78, 5) is 36.7. The maximum atomic E-state index is 13.1. The molecule has 1 atom stereocenters. The van der Waals surface area contributed by atoms with E-state index >= 15 is 0 Å². The molecule has 1 saturated heterocycles. The van der Waals surface area contributed by atoms with Gasteiger partial charge in [-0.1, -0.05) is 12.1 Å². The highest BCUT2D eigenvalue weighted by molar-refractivity contribution is 6.23. The van der Waals surface area contributed by atoms with Crippen molar-refractivity contribution in [1.29, 1.82) is 0 Å². The molecule has 3 N–H and O–H groups in total. The average molecular weight is 394 g/mol. The number of nitrogens with zero attached hydrogens (tertiary/aromatic N) is 1. The Hall–Kier alpha value is -3.56. The molecule has 0 saturated carbocycles. The highest BCUT2D eigenvalue weighted by Gasteiger charge is 2.41. The lowest BCUT2D eigenvalue weighted by Gasteiger charge is -2.19. The van der Waals surface area contributed by atoms with Gasteiger partial charge in [-0.2, -0.15) is 13.2 Å². The van der Waals surface area contributed by atoms with Gasteiger partial charge in [-0.3, -0.25) is 9.59 Å². The predicted molar refractivity (Wildman–Crippen MR) is 91.0 cm³/mol. The number of aromatic hydroxyl groups is 1. The fourth-order valence-corrected chi connectivity index (χ4v) is 2.89. The van der Waals surface area contributed by atoms with Gasteiger partial charge in [-0.15, -0.1) is 0 Å². The number of carbonyl (C=O) groups is 3. The molecule has 1 unspecified atom stereocenters. The van der Waals surface area contributed by atoms with Crippen molar-refractivity contribution in [2.24, 2.45) is 0 Å². The van der Waals surface area contributed by atoms with Crippen LogP contribution < -0.4 is 10.2 Å². The van der Waals surface area contributed by atoms with E-state index in [-0.39, 0.29) is 11.4 Å². The lowest BCUT2D eigenvalue weighted by Crippen LogP contribution is -2.35. The molecule has 1 fully saturated rings. The SMILES string of the molecule is O=C(O)c1cc(N2C(=O)CC(Nc3ccccc3C(F)(F)F)C2=O)ccc1O. The topological polar surface area (TPSA) is 107 Å². The van der Waals surface area contributed by atoms with E-state index in [0.29, 0.717) is 4.90 Å². The van der Waals surface area contributed by atoms with E-state index in [4.69, 9.17) is 5.11 Å². The number of benzene rings is 2. The Morgan fingerprint density at radius 1 is 1.14 bits per heavy atom. The molecule has 0 aromatic heterocycles. The van der Waals surface area contributed by atoms with Crippen LogP contribution in [-0.4, -0.2) is 34.0 Å². The summed E-state index contributed by atoms with van der Waals surface area (Å²) in [5, 5.41) is 21.0. The number of nitrogens with one attached hydrogen (secondary N) is 1. The van der Waals surface area contributed by atoms with E-state index < -0.39 is 53.3 Å². The number of aromatic carboxylic acids is 1. The summed E-state index contributed by atoms with van der Waals surface area (Å²) in [5.74, 6) is -3.56. The van der Waals surface area contributed by atoms with Gasteiger partial charge in [0.15, 0.2) is 0 Å². The number of anilines is 2. The minimum absolute atomic E-state index is 0.0985. The summed E-state index contributed by atoms with van der Waals surface area (Å²) in [6.07, 6.45) is -5.06. The summed E-state index contributed by atoms with van der Waals surface area (Å²) < 4.78 is 39.3. The zero-order chi connectivity index (χ0) is 20.6. The summed E-state index contributed by atoms with van der Waals surface area (Å²) in [7, 11) is 0. The Morgan fingerprint density at radius 3 is 2.46 bits per heavy atom. The highest BCUT2D eigenvalue weighted by atomic mass is 19.4. The fraction of sp³-hybridized carbons (Fsp3) is 0.167. The van der Waals surface area contributed by atoms with Crippen molar-refractivity contribution in [1.82, 2.24) is 0 Å². The van der Waals surface area contributed by atoms with E-state index in [1.807, 2.05) is 0 Å². The van der Waals surface area contributed by atoms with Crippen LogP contribution in [0.5, 0.6) is 5.75 Å². The Bertz CT molecular complexity index is 974. The van der Waals surface area contributed by atoms with Gasteiger partial charge in [-0.05, 0) is 30.3 Å². The summed E-state index contributed by atoms with van der Waals surface area (Å²) in [6, 6.07) is 6.43. The second kappa shape index (κ2) is 6.87. The third-order valence-electron chi connectivity index (χ3n) is 4.18. The highest BCUT2D eigenvalue weighted by Crippen LogP contribution is 2.36. The first-order valence-corrected chi connectivity index (χ1v) is 7.95. The quantitative estimate of drug-likeness (QED) is 0.689. The summed E-state index contributed by atoms with van der Waals surface area (Å²) in [6.45, 7) is 0. The summed E-state index contributed by atoms with van der Waals surface area (Å²) >= 11 is 0. The first-order chi connectivity index (χ1) is 13.1. The van der Waals surface area contributed by atoms with E-state index in [1.54, 1.807) is 0 Å². The second-order valence-corrected chi connectivity index (χ2v) is 6.02. The third-order valence-corrected chi connectivity index (χ3v) is 4.18. The number of phenols is 1. The minimum Gasteiger partial charge on any atom is -0.507 e. The Kier molecular flexibility index (Phi) is 4.72. The molecular weight excluding hydrogens is 381 g/mol. The van der Waals surface area contributed by atoms with Crippen LogP contribution in [0.4, 0.5) is 24.5 Å². The van der Waals surface area contributed by atoms with Gasteiger partial charge in [0, 0.05) is 5.69 Å². The largest absolute Gasteiger partial charge is 0.507 e. The summed E-state index contributed by atoms with van der Waals surface area (Å²) in [5.41, 5.74) is -1.94. The number of para-hydroxylation sites is 1. The van der Waals surface area contributed by atoms with Crippen LogP contribution in [0.25, 0.3) is 0 Å². The van der Waals surface area contributed by atoms with Crippen LogP contribution in [-0.2, 0) is 15.8 Å². The number of rotatable bonds is 4. The molecule has 10 heteroatoms. The zero-order valence-corrected chi connectivity index (χ0v) is 14.0. The number of carbonyl (C=O) groups excluding carboxylic acids is 2. The number of amides is 2. The van der Waals surface area contributed by atoms with Gasteiger partial charge in [0.1, 0.15) is 17.4 Å². The van der Waals surface area contributed by atoms with Crippen molar-refractivity contribution in [2.45, 2.75) is 18.6 Å². The third kappa shape index (κ3) is 3.48. The average Bonchev–Trinajstić information content (AvgIpc) is 2.88. The van der Waals surface area contributed by atoms with Crippen LogP contribution in [0.2, 0.25) is 0 Å². The van der Waals surface area contributed by atoms with E-state index in [0.717, 1.165) is 24.3 Å². The lowest BCUT2D eigenvalue weighted by atomic mass is 10.1. The van der Waals surface area contributed by atoms with Crippen molar-refractivity contribution in [3.05, 3.63) is 53.6 Å². The van der Waals surface area contributed by atoms with Crippen LogP contribution in [0.15, 0.2) is 42.5 Å². The standard InChI is InChI=1S/C18H13F3N2O5/c19-18(20,21)11-3-1-2-4-12(11)22-13-8-15(25)23(16(13)26)9-5-6-14(24)10(7-9)17(27)28/h1-7,13,22,24H,8H2,(H,27,28). The van der Waals surface area contributed by atoms with Crippen molar-refractivity contribution in [3.8, 4) is 5.75 Å². The van der Waals surface area contributed by atoms with Gasteiger partial charge in [0.05, 0.1) is 17.7 Å². The normalized spacial score (nSPS) is 17.1. The number of halogens is 3. The molecular formula is C18H13F3N2O5. The van der Waals surface area contributed by atoms with Crippen molar-refractivity contribution < 1.29 is 37.8 Å². The number of carboxylic acids is 1. The number of hydrogen-bond donors (Lipinski definition) is 3. The number of hydrogen-bond acceptors (Lipinski definition) is 5. The van der Waals surface area contributed by atoms with Crippen LogP contribution >= 0.6 is 0 Å². The van der Waals surface area contributed by atoms with E-state index in [2.05, 4.69) is 5.32 Å². The van der Waals surface area contributed by atoms with Gasteiger partial charge in [0.2, 0.25) is 5.91 Å². The predicted octanol–water partition coefficient (Wildman–Crippen LogP) is 2.85. The van der Waals surface area contributed by atoms with Gasteiger partial charge < -0.3 is 15.5 Å². The van der Waals surface area contributed by atoms with Gasteiger partial charge in [-0.25, -0.2) is 9.69 Å². The van der Waals surface area contributed by atoms with Gasteiger partial charge >= 0.3 is 12.1 Å². The maximum absolute atomic E-state index is 13.1. The van der Waals surface area contributed by atoms with E-state index in [1.165, 1.54) is 18.2 Å². The molecule has 0 spiro atoms. The molecule has 28 heavy (non-hydrogen) atoms. The zero-order valence-electron chi connectivity index (χ0n) is 14.0. The van der Waals surface area contributed by atoms with Crippen LogP contribution in [0.3, 0.4) is 0 Å². The number of carboxylic acid groups (broad SMARTS) is 1. The number of alkyl halides is 3. The van der Waals surface area contributed by atoms with Crippen molar-refractivity contribution >= 4 is 29.2 Å². The van der Waals surface area contributed by atoms with Crippen LogP contribution in [0, 0.1) is 0 Å². The first kappa shape index (κ1) is 19.2. The van der Waals surface area contributed by atoms with Crippen LogP contribution in [0.1, 0.15) is 22.3 Å². The molecule has 2 amide bonds. The van der Waals surface area contributed by atoms with Gasteiger partial charge in [0.25, 0.3) is 5.91 Å². The number of imide groups is 1. The molecule has 2 aromatic rings. The first-order valence-electron chi connectivity index (χ1n) is 7.95. The molecule has 2 aromatic carbocycles. The molecule has 0 aliphatic carbocycles. The molecule has 1 aliphatic heterocycles. The molecule has 0 bridgehead atoms. The Labute approximate surface area is 156 Å². The second-order valence-electron chi connectivity index (χ2n) is 6.02. The Morgan fingerprint density at radius 2 is 1.82 bits per heavy atom. The smallest absolute Gasteiger partial charge is 0.418 e. The van der Waals surface area contributed by atoms with E-state index in [9.17, 15) is 32.7 Å². The molecule has 0 radical (unpaired) electrons. The lowest BCUT2D eigenvalue weighted by molar-refractivity contribution is -0.137.